The summed E-state index contributed by atoms with van der Waals surface area (Å²) >= 11 is 0. The summed E-state index contributed by atoms with van der Waals surface area (Å²) in [5.74, 6) is 1.72. The smallest absolute Gasteiger partial charge is 0.351 e. The van der Waals surface area contributed by atoms with Gasteiger partial charge in [0, 0.05) is 18.9 Å². The molecule has 1 amide bonds. The highest BCUT2D eigenvalue weighted by Gasteiger charge is 2.51. The maximum atomic E-state index is 13.6. The Bertz CT molecular complexity index is 946. The number of carbonyl (C=O) groups is 1. The molecule has 0 atom stereocenters. The lowest BCUT2D eigenvalue weighted by molar-refractivity contribution is -0.141. The minimum Gasteiger partial charge on any atom is -0.351 e. The first-order valence-corrected chi connectivity index (χ1v) is 10.6. The molecule has 4 fully saturated rings. The van der Waals surface area contributed by atoms with E-state index in [2.05, 4.69) is 15.4 Å². The molecule has 2 aromatic rings. The molecule has 0 aliphatic heterocycles. The number of amides is 1. The summed E-state index contributed by atoms with van der Waals surface area (Å²) in [6.07, 6.45) is 5.00. The number of hydrogen-bond acceptors (Lipinski definition) is 3. The number of aromatic nitrogens is 3. The van der Waals surface area contributed by atoms with Gasteiger partial charge in [-0.05, 0) is 80.2 Å². The standard InChI is InChI=1S/C22H25F3N4O/c1-13-3-2-4-26-19(13)29-11-17(18(28-29)22(23,24)25)20(30)27-12-21-8-14-5-15(9-21)7-16(6-14)10-21/h2-4,11,14-16H,5-10,12H2,1H3,(H,27,30). The van der Waals surface area contributed by atoms with Crippen LogP contribution in [0.3, 0.4) is 0 Å². The van der Waals surface area contributed by atoms with Crippen molar-refractivity contribution in [3.05, 3.63) is 41.3 Å². The lowest BCUT2D eigenvalue weighted by Crippen LogP contribution is -2.51. The molecule has 8 heteroatoms. The van der Waals surface area contributed by atoms with Crippen molar-refractivity contribution >= 4 is 5.91 Å². The molecule has 30 heavy (non-hydrogen) atoms. The van der Waals surface area contributed by atoms with Crippen molar-refractivity contribution in [2.75, 3.05) is 6.54 Å². The lowest BCUT2D eigenvalue weighted by Gasteiger charge is -2.56. The van der Waals surface area contributed by atoms with E-state index in [0.717, 1.165) is 30.1 Å². The second kappa shape index (κ2) is 6.82. The summed E-state index contributed by atoms with van der Waals surface area (Å²) in [4.78, 5) is 17.0. The largest absolute Gasteiger partial charge is 0.435 e. The Labute approximate surface area is 173 Å². The first-order chi connectivity index (χ1) is 14.2. The highest BCUT2D eigenvalue weighted by molar-refractivity contribution is 5.95. The van der Waals surface area contributed by atoms with E-state index in [1.165, 1.54) is 25.5 Å². The number of halogens is 3. The van der Waals surface area contributed by atoms with Gasteiger partial charge in [0.25, 0.3) is 5.91 Å². The van der Waals surface area contributed by atoms with Crippen LogP contribution in [0.5, 0.6) is 0 Å². The van der Waals surface area contributed by atoms with Crippen molar-refractivity contribution in [1.82, 2.24) is 20.1 Å². The van der Waals surface area contributed by atoms with E-state index >= 15 is 0 Å². The summed E-state index contributed by atoms with van der Waals surface area (Å²) in [6, 6.07) is 3.44. The molecule has 0 radical (unpaired) electrons. The van der Waals surface area contributed by atoms with E-state index in [1.54, 1.807) is 19.1 Å². The van der Waals surface area contributed by atoms with Gasteiger partial charge in [0.05, 0.1) is 5.56 Å². The van der Waals surface area contributed by atoms with Crippen molar-refractivity contribution < 1.29 is 18.0 Å². The van der Waals surface area contributed by atoms with Gasteiger partial charge in [-0.15, -0.1) is 0 Å². The van der Waals surface area contributed by atoms with Crippen LogP contribution < -0.4 is 5.32 Å². The Hall–Kier alpha value is -2.38. The maximum absolute atomic E-state index is 13.6. The number of alkyl halides is 3. The third-order valence-corrected chi connectivity index (χ3v) is 7.22. The van der Waals surface area contributed by atoms with Crippen LogP contribution in [0.2, 0.25) is 0 Å². The molecule has 2 heterocycles. The fourth-order valence-corrected chi connectivity index (χ4v) is 6.44. The second-order valence-electron chi connectivity index (χ2n) is 9.58. The van der Waals surface area contributed by atoms with Gasteiger partial charge in [-0.1, -0.05) is 6.07 Å². The van der Waals surface area contributed by atoms with Crippen LogP contribution >= 0.6 is 0 Å². The van der Waals surface area contributed by atoms with Crippen LogP contribution in [0.4, 0.5) is 13.2 Å². The van der Waals surface area contributed by atoms with E-state index in [0.29, 0.717) is 29.9 Å². The van der Waals surface area contributed by atoms with Crippen molar-refractivity contribution in [2.45, 2.75) is 51.6 Å². The van der Waals surface area contributed by atoms with Crippen LogP contribution in [0.25, 0.3) is 5.82 Å². The average molecular weight is 418 g/mol. The number of aryl methyl sites for hydroxylation is 1. The van der Waals surface area contributed by atoms with Gasteiger partial charge < -0.3 is 5.32 Å². The van der Waals surface area contributed by atoms with Gasteiger partial charge in [-0.2, -0.15) is 18.3 Å². The number of carbonyl (C=O) groups excluding carboxylic acids is 1. The zero-order chi connectivity index (χ0) is 21.1. The Balaban J connectivity index is 1.39. The maximum Gasteiger partial charge on any atom is 0.435 e. The SMILES string of the molecule is Cc1cccnc1-n1cc(C(=O)NCC23CC4CC(CC(C4)C2)C3)c(C(F)(F)F)n1. The zero-order valence-electron chi connectivity index (χ0n) is 16.9. The fourth-order valence-electron chi connectivity index (χ4n) is 6.44. The van der Waals surface area contributed by atoms with Crippen LogP contribution in [0.15, 0.2) is 24.5 Å². The number of rotatable bonds is 4. The van der Waals surface area contributed by atoms with E-state index < -0.39 is 23.3 Å². The first kappa shape index (κ1) is 19.6. The molecule has 160 valence electrons. The molecule has 0 unspecified atom stereocenters. The quantitative estimate of drug-likeness (QED) is 0.793. The van der Waals surface area contributed by atoms with Crippen LogP contribution in [0, 0.1) is 30.1 Å². The summed E-state index contributed by atoms with van der Waals surface area (Å²) < 4.78 is 41.9. The summed E-state index contributed by atoms with van der Waals surface area (Å²) in [7, 11) is 0. The molecule has 5 nitrogen and oxygen atoms in total. The molecule has 6 rings (SSSR count). The van der Waals surface area contributed by atoms with E-state index in [1.807, 2.05) is 0 Å². The molecule has 2 aromatic heterocycles. The van der Waals surface area contributed by atoms with E-state index in [-0.39, 0.29) is 11.2 Å². The van der Waals surface area contributed by atoms with Gasteiger partial charge in [-0.3, -0.25) is 4.79 Å². The summed E-state index contributed by atoms with van der Waals surface area (Å²) in [5, 5.41) is 6.51. The highest BCUT2D eigenvalue weighted by atomic mass is 19.4. The number of pyridine rings is 1. The molecule has 0 spiro atoms. The van der Waals surface area contributed by atoms with Crippen LogP contribution in [-0.4, -0.2) is 27.2 Å². The molecular weight excluding hydrogens is 393 g/mol. The number of nitrogens with zero attached hydrogens (tertiary/aromatic N) is 3. The van der Waals surface area contributed by atoms with Gasteiger partial charge in [0.2, 0.25) is 0 Å². The third kappa shape index (κ3) is 3.40. The predicted octanol–water partition coefficient (Wildman–Crippen LogP) is 4.54. The van der Waals surface area contributed by atoms with Crippen LogP contribution in [0.1, 0.15) is 60.1 Å². The van der Waals surface area contributed by atoms with Crippen molar-refractivity contribution in [1.29, 1.82) is 0 Å². The minimum absolute atomic E-state index is 0.0520. The first-order valence-electron chi connectivity index (χ1n) is 10.6. The molecule has 4 saturated carbocycles. The molecule has 0 aromatic carbocycles. The predicted molar refractivity (Wildman–Crippen MR) is 104 cm³/mol. The van der Waals surface area contributed by atoms with Gasteiger partial charge >= 0.3 is 6.18 Å². The van der Waals surface area contributed by atoms with Gasteiger partial charge in [0.1, 0.15) is 0 Å². The van der Waals surface area contributed by atoms with Gasteiger partial charge in [0.15, 0.2) is 11.5 Å². The van der Waals surface area contributed by atoms with Crippen molar-refractivity contribution in [3.63, 3.8) is 0 Å². The van der Waals surface area contributed by atoms with Gasteiger partial charge in [-0.25, -0.2) is 9.67 Å². The van der Waals surface area contributed by atoms with E-state index in [9.17, 15) is 18.0 Å². The Morgan fingerprint density at radius 3 is 2.40 bits per heavy atom. The normalized spacial score (nSPS) is 29.9. The number of nitrogens with one attached hydrogen (secondary N) is 1. The molecule has 4 aliphatic rings. The average Bonchev–Trinajstić information content (AvgIpc) is 3.11. The Morgan fingerprint density at radius 2 is 1.83 bits per heavy atom. The summed E-state index contributed by atoms with van der Waals surface area (Å²) in [6.45, 7) is 2.19. The number of hydrogen-bond donors (Lipinski definition) is 1. The Kier molecular flexibility index (Phi) is 4.45. The lowest BCUT2D eigenvalue weighted by atomic mass is 9.49. The monoisotopic (exact) mass is 418 g/mol. The third-order valence-electron chi connectivity index (χ3n) is 7.22. The fraction of sp³-hybridized carbons (Fsp3) is 0.591. The molecule has 1 N–H and O–H groups in total. The van der Waals surface area contributed by atoms with Crippen molar-refractivity contribution in [2.24, 2.45) is 23.2 Å². The zero-order valence-corrected chi connectivity index (χ0v) is 16.9. The molecule has 4 aliphatic carbocycles. The minimum atomic E-state index is -4.72. The summed E-state index contributed by atoms with van der Waals surface area (Å²) in [5.41, 5.74) is -0.891. The molecular formula is C22H25F3N4O. The Morgan fingerprint density at radius 1 is 1.20 bits per heavy atom. The van der Waals surface area contributed by atoms with Crippen molar-refractivity contribution in [3.8, 4) is 5.82 Å². The molecule has 0 saturated heterocycles. The topological polar surface area (TPSA) is 59.8 Å². The van der Waals surface area contributed by atoms with Crippen LogP contribution in [-0.2, 0) is 6.18 Å². The molecule has 4 bridgehead atoms. The van der Waals surface area contributed by atoms with E-state index in [4.69, 9.17) is 0 Å². The highest BCUT2D eigenvalue weighted by Crippen LogP contribution is 2.59. The second-order valence-corrected chi connectivity index (χ2v) is 9.58.